The van der Waals surface area contributed by atoms with Gasteiger partial charge in [0.25, 0.3) is 0 Å². The van der Waals surface area contributed by atoms with Gasteiger partial charge in [0.05, 0.1) is 5.03 Å². The number of hydrogen-bond donors (Lipinski definition) is 0. The van der Waals surface area contributed by atoms with Crippen molar-refractivity contribution in [1.82, 2.24) is 0 Å². The Morgan fingerprint density at radius 3 is 2.67 bits per heavy atom. The number of carbonyl (C=O) groups excluding carboxylic acids is 1. The highest BCUT2D eigenvalue weighted by Crippen LogP contribution is 2.43. The van der Waals surface area contributed by atoms with Gasteiger partial charge in [0.2, 0.25) is 0 Å². The predicted octanol–water partition coefficient (Wildman–Crippen LogP) is 2.58. The van der Waals surface area contributed by atoms with Crippen LogP contribution in [0.25, 0.3) is 0 Å². The van der Waals surface area contributed by atoms with Gasteiger partial charge in [-0.3, -0.25) is 4.79 Å². The van der Waals surface area contributed by atoms with Gasteiger partial charge in [0.15, 0.2) is 5.78 Å². The van der Waals surface area contributed by atoms with Crippen molar-refractivity contribution in [2.24, 2.45) is 0 Å². The Bertz CT molecular complexity index is 312. The van der Waals surface area contributed by atoms with Gasteiger partial charge in [-0.1, -0.05) is 29.3 Å². The maximum atomic E-state index is 11.4. The molecule has 5 heteroatoms. The van der Waals surface area contributed by atoms with Crippen LogP contribution < -0.4 is 0 Å². The third-order valence-electron chi connectivity index (χ3n) is 2.21. The molecule has 0 unspecified atom stereocenters. The highest BCUT2D eigenvalue weighted by molar-refractivity contribution is 6.50. The maximum Gasteiger partial charge on any atom is 0.178 e. The van der Waals surface area contributed by atoms with E-state index in [2.05, 4.69) is 6.58 Å². The molecule has 0 amide bonds. The van der Waals surface area contributed by atoms with E-state index in [1.165, 1.54) is 7.11 Å². The Morgan fingerprint density at radius 2 is 2.27 bits per heavy atom. The van der Waals surface area contributed by atoms with Gasteiger partial charge < -0.3 is 9.47 Å². The quantitative estimate of drug-likeness (QED) is 0.556. The SMILES string of the molecule is C=CC[C@]1(OCOC)CC(=O)C(Cl)=C1Cl. The van der Waals surface area contributed by atoms with Crippen molar-refractivity contribution in [3.8, 4) is 0 Å². The lowest BCUT2D eigenvalue weighted by atomic mass is 9.98. The van der Waals surface area contributed by atoms with Crippen molar-refractivity contribution in [3.05, 3.63) is 22.7 Å². The zero-order valence-electron chi connectivity index (χ0n) is 8.39. The fourth-order valence-electron chi connectivity index (χ4n) is 1.48. The molecule has 0 N–H and O–H groups in total. The van der Waals surface area contributed by atoms with Gasteiger partial charge >= 0.3 is 0 Å². The molecule has 0 radical (unpaired) electrons. The summed E-state index contributed by atoms with van der Waals surface area (Å²) in [5, 5.41) is 0.292. The molecule has 1 aliphatic carbocycles. The molecule has 15 heavy (non-hydrogen) atoms. The largest absolute Gasteiger partial charge is 0.359 e. The number of ketones is 1. The number of halogens is 2. The third-order valence-corrected chi connectivity index (χ3v) is 3.24. The second-order valence-corrected chi connectivity index (χ2v) is 4.02. The first kappa shape index (κ1) is 12.7. The maximum absolute atomic E-state index is 11.4. The van der Waals surface area contributed by atoms with Gasteiger partial charge in [-0.15, -0.1) is 6.58 Å². The first-order valence-corrected chi connectivity index (χ1v) is 5.15. The molecule has 84 valence electrons. The van der Waals surface area contributed by atoms with Gasteiger partial charge in [-0.25, -0.2) is 0 Å². The molecule has 0 bridgehead atoms. The van der Waals surface area contributed by atoms with Crippen molar-refractivity contribution < 1.29 is 14.3 Å². The van der Waals surface area contributed by atoms with Crippen LogP contribution in [0.4, 0.5) is 0 Å². The molecule has 1 aliphatic rings. The Balaban J connectivity index is 2.93. The summed E-state index contributed by atoms with van der Waals surface area (Å²) >= 11 is 11.7. The Kier molecular flexibility index (Phi) is 4.34. The smallest absolute Gasteiger partial charge is 0.178 e. The van der Waals surface area contributed by atoms with Crippen LogP contribution >= 0.6 is 23.2 Å². The van der Waals surface area contributed by atoms with Crippen LogP contribution in [0.5, 0.6) is 0 Å². The van der Waals surface area contributed by atoms with Gasteiger partial charge in [0.1, 0.15) is 17.4 Å². The standard InChI is InChI=1S/C10H12Cl2O3/c1-3-4-10(15-6-14-2)5-7(13)8(11)9(10)12/h3H,1,4-6H2,2H3/t10-/m0/s1. The van der Waals surface area contributed by atoms with E-state index < -0.39 is 5.60 Å². The van der Waals surface area contributed by atoms with Crippen LogP contribution in [-0.2, 0) is 14.3 Å². The topological polar surface area (TPSA) is 35.5 Å². The second kappa shape index (κ2) is 5.12. The number of allylic oxidation sites excluding steroid dienone is 1. The molecule has 0 fully saturated rings. The molecule has 0 aromatic rings. The summed E-state index contributed by atoms with van der Waals surface area (Å²) in [6, 6.07) is 0. The summed E-state index contributed by atoms with van der Waals surface area (Å²) in [5.41, 5.74) is -0.881. The lowest BCUT2D eigenvalue weighted by molar-refractivity contribution is -0.128. The van der Waals surface area contributed by atoms with E-state index in [1.54, 1.807) is 6.08 Å². The highest BCUT2D eigenvalue weighted by atomic mass is 35.5. The minimum Gasteiger partial charge on any atom is -0.359 e. The zero-order chi connectivity index (χ0) is 11.5. The average molecular weight is 251 g/mol. The van der Waals surface area contributed by atoms with E-state index in [9.17, 15) is 4.79 Å². The van der Waals surface area contributed by atoms with Gasteiger partial charge in [-0.2, -0.15) is 0 Å². The molecular weight excluding hydrogens is 239 g/mol. The molecule has 1 atom stereocenters. The van der Waals surface area contributed by atoms with Crippen LogP contribution in [-0.4, -0.2) is 25.3 Å². The van der Waals surface area contributed by atoms with Crippen molar-refractivity contribution in [1.29, 1.82) is 0 Å². The Morgan fingerprint density at radius 1 is 1.60 bits per heavy atom. The summed E-state index contributed by atoms with van der Waals surface area (Å²) in [7, 11) is 1.50. The monoisotopic (exact) mass is 250 g/mol. The summed E-state index contributed by atoms with van der Waals surface area (Å²) < 4.78 is 10.2. The number of ether oxygens (including phenoxy) is 2. The molecule has 0 saturated carbocycles. The average Bonchev–Trinajstić information content (AvgIpc) is 2.42. The van der Waals surface area contributed by atoms with Crippen LogP contribution in [0.3, 0.4) is 0 Å². The van der Waals surface area contributed by atoms with Crippen molar-refractivity contribution in [2.45, 2.75) is 18.4 Å². The lowest BCUT2D eigenvalue weighted by Crippen LogP contribution is -2.32. The Labute approximate surface area is 98.6 Å². The molecule has 0 heterocycles. The Hall–Kier alpha value is -0.350. The number of methoxy groups -OCH3 is 1. The van der Waals surface area contributed by atoms with Crippen LogP contribution in [0, 0.1) is 0 Å². The molecule has 0 aromatic heterocycles. The summed E-state index contributed by atoms with van der Waals surface area (Å²) in [6.45, 7) is 3.66. The lowest BCUT2D eigenvalue weighted by Gasteiger charge is -2.27. The number of Topliss-reactive ketones (excluding diaryl/α,β-unsaturated/α-hetero) is 1. The van der Waals surface area contributed by atoms with E-state index in [4.69, 9.17) is 32.7 Å². The molecule has 0 spiro atoms. The first-order valence-electron chi connectivity index (χ1n) is 4.40. The van der Waals surface area contributed by atoms with Gasteiger partial charge in [0, 0.05) is 13.5 Å². The van der Waals surface area contributed by atoms with E-state index in [0.29, 0.717) is 6.42 Å². The van der Waals surface area contributed by atoms with Crippen LogP contribution in [0.2, 0.25) is 0 Å². The molecule has 0 aliphatic heterocycles. The second-order valence-electron chi connectivity index (χ2n) is 3.27. The minimum absolute atomic E-state index is 0.0506. The first-order chi connectivity index (χ1) is 7.07. The molecule has 0 saturated heterocycles. The summed E-state index contributed by atoms with van der Waals surface area (Å²) in [5.74, 6) is -0.209. The number of rotatable bonds is 5. The fraction of sp³-hybridized carbons (Fsp3) is 0.500. The zero-order valence-corrected chi connectivity index (χ0v) is 9.90. The summed E-state index contributed by atoms with van der Waals surface area (Å²) in [4.78, 5) is 11.4. The summed E-state index contributed by atoms with van der Waals surface area (Å²) in [6.07, 6.45) is 2.21. The minimum atomic E-state index is -0.881. The molecular formula is C10H12Cl2O3. The van der Waals surface area contributed by atoms with Crippen LogP contribution in [0.15, 0.2) is 22.7 Å². The van der Waals surface area contributed by atoms with Crippen molar-refractivity contribution >= 4 is 29.0 Å². The van der Waals surface area contributed by atoms with E-state index in [-0.39, 0.29) is 29.1 Å². The van der Waals surface area contributed by atoms with Crippen LogP contribution in [0.1, 0.15) is 12.8 Å². The number of hydrogen-bond acceptors (Lipinski definition) is 3. The van der Waals surface area contributed by atoms with Crippen molar-refractivity contribution in [2.75, 3.05) is 13.9 Å². The predicted molar refractivity (Wildman–Crippen MR) is 58.9 cm³/mol. The molecule has 0 aromatic carbocycles. The van der Waals surface area contributed by atoms with E-state index in [1.807, 2.05) is 0 Å². The third kappa shape index (κ3) is 2.42. The van der Waals surface area contributed by atoms with Crippen molar-refractivity contribution in [3.63, 3.8) is 0 Å². The highest BCUT2D eigenvalue weighted by Gasteiger charge is 2.44. The molecule has 1 rings (SSSR count). The van der Waals surface area contributed by atoms with E-state index >= 15 is 0 Å². The fourth-order valence-corrected chi connectivity index (χ4v) is 2.02. The normalized spacial score (nSPS) is 26.2. The van der Waals surface area contributed by atoms with E-state index in [0.717, 1.165) is 0 Å². The molecule has 3 nitrogen and oxygen atoms in total. The van der Waals surface area contributed by atoms with Gasteiger partial charge in [-0.05, 0) is 6.42 Å². The number of carbonyl (C=O) groups is 1.